The SMILES string of the molecule is O=C(CCNC1CC1)Nc1ccc2nc[nH]c2c1. The van der Waals surface area contributed by atoms with Gasteiger partial charge in [-0.3, -0.25) is 4.79 Å². The second-order valence-corrected chi connectivity index (χ2v) is 4.66. The average Bonchev–Trinajstić information content (AvgIpc) is 3.06. The fraction of sp³-hybridized carbons (Fsp3) is 0.385. The van der Waals surface area contributed by atoms with Crippen LogP contribution in [-0.2, 0) is 4.79 Å². The van der Waals surface area contributed by atoms with E-state index in [1.165, 1.54) is 12.8 Å². The minimum atomic E-state index is 0.0435. The molecule has 0 atom stereocenters. The second-order valence-electron chi connectivity index (χ2n) is 4.66. The van der Waals surface area contributed by atoms with Crippen LogP contribution in [0.15, 0.2) is 24.5 Å². The van der Waals surface area contributed by atoms with Crippen LogP contribution in [0, 0.1) is 0 Å². The van der Waals surface area contributed by atoms with E-state index >= 15 is 0 Å². The first-order valence-electron chi connectivity index (χ1n) is 6.27. The summed E-state index contributed by atoms with van der Waals surface area (Å²) in [6, 6.07) is 6.31. The fourth-order valence-corrected chi connectivity index (χ4v) is 1.91. The molecule has 1 aliphatic rings. The van der Waals surface area contributed by atoms with E-state index in [4.69, 9.17) is 0 Å². The lowest BCUT2D eigenvalue weighted by atomic mass is 10.2. The van der Waals surface area contributed by atoms with Crippen molar-refractivity contribution in [2.75, 3.05) is 11.9 Å². The highest BCUT2D eigenvalue weighted by molar-refractivity contribution is 5.93. The smallest absolute Gasteiger partial charge is 0.225 e. The molecule has 18 heavy (non-hydrogen) atoms. The Morgan fingerprint density at radius 2 is 2.33 bits per heavy atom. The minimum absolute atomic E-state index is 0.0435. The van der Waals surface area contributed by atoms with Crippen molar-refractivity contribution in [3.8, 4) is 0 Å². The van der Waals surface area contributed by atoms with Crippen LogP contribution < -0.4 is 10.6 Å². The summed E-state index contributed by atoms with van der Waals surface area (Å²) in [4.78, 5) is 18.9. The number of H-pyrrole nitrogens is 1. The summed E-state index contributed by atoms with van der Waals surface area (Å²) in [5.74, 6) is 0.0435. The molecule has 0 saturated heterocycles. The largest absolute Gasteiger partial charge is 0.345 e. The highest BCUT2D eigenvalue weighted by atomic mass is 16.1. The third-order valence-electron chi connectivity index (χ3n) is 3.07. The molecule has 3 rings (SSSR count). The molecule has 1 fully saturated rings. The van der Waals surface area contributed by atoms with Crippen molar-refractivity contribution in [3.63, 3.8) is 0 Å². The molecule has 1 heterocycles. The maximum Gasteiger partial charge on any atom is 0.225 e. The zero-order valence-electron chi connectivity index (χ0n) is 10.1. The van der Waals surface area contributed by atoms with Gasteiger partial charge >= 0.3 is 0 Å². The van der Waals surface area contributed by atoms with E-state index in [9.17, 15) is 4.79 Å². The van der Waals surface area contributed by atoms with Gasteiger partial charge in [0.15, 0.2) is 0 Å². The van der Waals surface area contributed by atoms with Crippen molar-refractivity contribution in [2.24, 2.45) is 0 Å². The first kappa shape index (κ1) is 11.2. The van der Waals surface area contributed by atoms with Gasteiger partial charge in [-0.1, -0.05) is 0 Å². The Morgan fingerprint density at radius 1 is 1.44 bits per heavy atom. The summed E-state index contributed by atoms with van der Waals surface area (Å²) < 4.78 is 0. The molecule has 0 spiro atoms. The monoisotopic (exact) mass is 244 g/mol. The van der Waals surface area contributed by atoms with E-state index in [2.05, 4.69) is 20.6 Å². The third-order valence-corrected chi connectivity index (χ3v) is 3.07. The van der Waals surface area contributed by atoms with Crippen LogP contribution >= 0.6 is 0 Å². The molecule has 1 aromatic heterocycles. The van der Waals surface area contributed by atoms with Crippen LogP contribution in [0.1, 0.15) is 19.3 Å². The Bertz CT molecular complexity index is 559. The standard InChI is InChI=1S/C13H16N4O/c18-13(5-6-14-9-1-2-9)17-10-3-4-11-12(7-10)16-8-15-11/h3-4,7-9,14H,1-2,5-6H2,(H,15,16)(H,17,18). The highest BCUT2D eigenvalue weighted by Crippen LogP contribution is 2.18. The zero-order valence-corrected chi connectivity index (χ0v) is 10.1. The number of rotatable bonds is 5. The van der Waals surface area contributed by atoms with Gasteiger partial charge in [0.1, 0.15) is 0 Å². The average molecular weight is 244 g/mol. The molecule has 1 saturated carbocycles. The zero-order chi connectivity index (χ0) is 12.4. The van der Waals surface area contributed by atoms with Crippen molar-refractivity contribution >= 4 is 22.6 Å². The summed E-state index contributed by atoms with van der Waals surface area (Å²) in [7, 11) is 0. The number of nitrogens with one attached hydrogen (secondary N) is 3. The van der Waals surface area contributed by atoms with Crippen LogP contribution in [0.4, 0.5) is 5.69 Å². The quantitative estimate of drug-likeness (QED) is 0.749. The number of amides is 1. The summed E-state index contributed by atoms with van der Waals surface area (Å²) in [6.07, 6.45) is 4.66. The summed E-state index contributed by atoms with van der Waals surface area (Å²) in [5, 5.41) is 6.21. The Balaban J connectivity index is 1.55. The fourth-order valence-electron chi connectivity index (χ4n) is 1.91. The van der Waals surface area contributed by atoms with Crippen molar-refractivity contribution in [1.82, 2.24) is 15.3 Å². The summed E-state index contributed by atoms with van der Waals surface area (Å²) in [6.45, 7) is 0.753. The van der Waals surface area contributed by atoms with Crippen LogP contribution in [0.5, 0.6) is 0 Å². The van der Waals surface area contributed by atoms with Crippen LogP contribution in [0.25, 0.3) is 11.0 Å². The molecule has 0 unspecified atom stereocenters. The topological polar surface area (TPSA) is 69.8 Å². The number of anilines is 1. The van der Waals surface area contributed by atoms with Gasteiger partial charge in [-0.15, -0.1) is 0 Å². The number of aromatic amines is 1. The van der Waals surface area contributed by atoms with Crippen molar-refractivity contribution in [2.45, 2.75) is 25.3 Å². The molecule has 0 radical (unpaired) electrons. The van der Waals surface area contributed by atoms with Gasteiger partial charge in [-0.05, 0) is 31.0 Å². The number of aromatic nitrogens is 2. The molecule has 1 amide bonds. The van der Waals surface area contributed by atoms with Crippen LogP contribution in [0.3, 0.4) is 0 Å². The molecule has 2 aromatic rings. The molecule has 94 valence electrons. The lowest BCUT2D eigenvalue weighted by Gasteiger charge is -2.05. The molecule has 5 nitrogen and oxygen atoms in total. The van der Waals surface area contributed by atoms with E-state index in [1.54, 1.807) is 6.33 Å². The first-order valence-corrected chi connectivity index (χ1v) is 6.27. The predicted octanol–water partition coefficient (Wildman–Crippen LogP) is 1.64. The molecule has 0 bridgehead atoms. The van der Waals surface area contributed by atoms with Gasteiger partial charge in [0.05, 0.1) is 17.4 Å². The van der Waals surface area contributed by atoms with Gasteiger partial charge in [-0.2, -0.15) is 0 Å². The number of benzene rings is 1. The van der Waals surface area contributed by atoms with E-state index in [0.717, 1.165) is 23.3 Å². The van der Waals surface area contributed by atoms with E-state index in [-0.39, 0.29) is 5.91 Å². The number of hydrogen-bond donors (Lipinski definition) is 3. The van der Waals surface area contributed by atoms with Gasteiger partial charge < -0.3 is 15.6 Å². The van der Waals surface area contributed by atoms with Crippen molar-refractivity contribution < 1.29 is 4.79 Å². The Hall–Kier alpha value is -1.88. The molecular weight excluding hydrogens is 228 g/mol. The maximum atomic E-state index is 11.7. The number of carbonyl (C=O) groups is 1. The van der Waals surface area contributed by atoms with Crippen molar-refractivity contribution in [3.05, 3.63) is 24.5 Å². The summed E-state index contributed by atoms with van der Waals surface area (Å²) >= 11 is 0. The number of nitrogens with zero attached hydrogens (tertiary/aromatic N) is 1. The van der Waals surface area contributed by atoms with Gasteiger partial charge in [-0.25, -0.2) is 4.98 Å². The molecule has 1 aliphatic carbocycles. The summed E-state index contributed by atoms with van der Waals surface area (Å²) in [5.41, 5.74) is 2.65. The lowest BCUT2D eigenvalue weighted by Crippen LogP contribution is -2.23. The number of fused-ring (bicyclic) bond motifs is 1. The predicted molar refractivity (Wildman–Crippen MR) is 70.4 cm³/mol. The number of imidazole rings is 1. The Kier molecular flexibility index (Phi) is 2.98. The first-order chi connectivity index (χ1) is 8.81. The lowest BCUT2D eigenvalue weighted by molar-refractivity contribution is -0.116. The number of hydrogen-bond acceptors (Lipinski definition) is 3. The van der Waals surface area contributed by atoms with Crippen LogP contribution in [-0.4, -0.2) is 28.5 Å². The van der Waals surface area contributed by atoms with E-state index < -0.39 is 0 Å². The molecule has 3 N–H and O–H groups in total. The van der Waals surface area contributed by atoms with Gasteiger partial charge in [0.25, 0.3) is 0 Å². The van der Waals surface area contributed by atoms with Crippen LogP contribution in [0.2, 0.25) is 0 Å². The molecule has 1 aromatic carbocycles. The van der Waals surface area contributed by atoms with E-state index in [1.807, 2.05) is 18.2 Å². The Morgan fingerprint density at radius 3 is 3.17 bits per heavy atom. The van der Waals surface area contributed by atoms with Gasteiger partial charge in [0.2, 0.25) is 5.91 Å². The minimum Gasteiger partial charge on any atom is -0.345 e. The highest BCUT2D eigenvalue weighted by Gasteiger charge is 2.20. The third kappa shape index (κ3) is 2.68. The Labute approximate surface area is 105 Å². The van der Waals surface area contributed by atoms with E-state index in [0.29, 0.717) is 12.5 Å². The maximum absolute atomic E-state index is 11.7. The second kappa shape index (κ2) is 4.78. The van der Waals surface area contributed by atoms with Gasteiger partial charge in [0, 0.05) is 24.7 Å². The molecule has 5 heteroatoms. The normalized spacial score (nSPS) is 14.9. The number of carbonyl (C=O) groups excluding carboxylic acids is 1. The molecule has 0 aliphatic heterocycles. The van der Waals surface area contributed by atoms with Crippen molar-refractivity contribution in [1.29, 1.82) is 0 Å². The molecular formula is C13H16N4O.